The molecule has 1 atom stereocenters. The summed E-state index contributed by atoms with van der Waals surface area (Å²) in [5, 5.41) is 3.05. The number of hydrogen-bond donors (Lipinski definition) is 2. The van der Waals surface area contributed by atoms with E-state index in [1.807, 2.05) is 0 Å². The summed E-state index contributed by atoms with van der Waals surface area (Å²) in [6, 6.07) is 0. The number of carbonyl (C=O) groups excluding carboxylic acids is 1. The Morgan fingerprint density at radius 2 is 2.05 bits per heavy atom. The van der Waals surface area contributed by atoms with Gasteiger partial charge >= 0.3 is 0 Å². The van der Waals surface area contributed by atoms with Crippen molar-refractivity contribution in [3.63, 3.8) is 0 Å². The first kappa shape index (κ1) is 14.8. The quantitative estimate of drug-likeness (QED) is 0.775. The summed E-state index contributed by atoms with van der Waals surface area (Å²) in [5.74, 6) is 0.0954. The third-order valence-electron chi connectivity index (χ3n) is 4.75. The molecule has 1 aliphatic carbocycles. The van der Waals surface area contributed by atoms with Crippen molar-refractivity contribution in [3.8, 4) is 0 Å². The van der Waals surface area contributed by atoms with Crippen molar-refractivity contribution in [1.82, 2.24) is 5.32 Å². The topological polar surface area (TPSA) is 73.6 Å². The fourth-order valence-corrected chi connectivity index (χ4v) is 3.14. The van der Waals surface area contributed by atoms with E-state index in [0.29, 0.717) is 26.3 Å². The van der Waals surface area contributed by atoms with E-state index in [1.165, 1.54) is 6.42 Å². The molecular weight excluding hydrogens is 244 g/mol. The highest BCUT2D eigenvalue weighted by atomic mass is 16.5. The van der Waals surface area contributed by atoms with Crippen molar-refractivity contribution < 1.29 is 14.3 Å². The van der Waals surface area contributed by atoms with E-state index in [2.05, 4.69) is 5.32 Å². The van der Waals surface area contributed by atoms with Crippen LogP contribution in [0.5, 0.6) is 0 Å². The molecule has 1 aliphatic heterocycles. The first-order chi connectivity index (χ1) is 9.16. The molecular formula is C14H26N2O3. The summed E-state index contributed by atoms with van der Waals surface area (Å²) in [7, 11) is 1.68. The average Bonchev–Trinajstić information content (AvgIpc) is 2.95. The molecule has 1 saturated heterocycles. The molecule has 0 radical (unpaired) electrons. The molecule has 1 unspecified atom stereocenters. The number of methoxy groups -OCH3 is 1. The normalized spacial score (nSPS) is 30.2. The monoisotopic (exact) mass is 270 g/mol. The lowest BCUT2D eigenvalue weighted by atomic mass is 9.73. The highest BCUT2D eigenvalue weighted by Gasteiger charge is 2.41. The van der Waals surface area contributed by atoms with E-state index in [1.54, 1.807) is 7.11 Å². The van der Waals surface area contributed by atoms with Gasteiger partial charge in [0.25, 0.3) is 0 Å². The summed E-state index contributed by atoms with van der Waals surface area (Å²) >= 11 is 0. The first-order valence-corrected chi connectivity index (χ1v) is 7.28. The molecule has 0 bridgehead atoms. The van der Waals surface area contributed by atoms with Crippen molar-refractivity contribution in [2.75, 3.05) is 33.4 Å². The van der Waals surface area contributed by atoms with Crippen molar-refractivity contribution in [3.05, 3.63) is 0 Å². The van der Waals surface area contributed by atoms with Gasteiger partial charge < -0.3 is 20.5 Å². The maximum absolute atomic E-state index is 12.5. The molecule has 0 aromatic carbocycles. The van der Waals surface area contributed by atoms with Gasteiger partial charge in [0.2, 0.25) is 5.91 Å². The molecule has 2 aliphatic rings. The van der Waals surface area contributed by atoms with Gasteiger partial charge in [0.15, 0.2) is 0 Å². The smallest absolute Gasteiger partial charge is 0.227 e. The lowest BCUT2D eigenvalue weighted by molar-refractivity contribution is -0.134. The molecule has 0 aromatic heterocycles. The van der Waals surface area contributed by atoms with Crippen LogP contribution in [0, 0.1) is 5.41 Å². The molecule has 2 rings (SSSR count). The summed E-state index contributed by atoms with van der Waals surface area (Å²) in [6.07, 6.45) is 6.06. The van der Waals surface area contributed by atoms with E-state index < -0.39 is 0 Å². The van der Waals surface area contributed by atoms with Crippen molar-refractivity contribution in [2.45, 2.75) is 44.1 Å². The van der Waals surface area contributed by atoms with Crippen LogP contribution in [0.15, 0.2) is 0 Å². The molecule has 5 nitrogen and oxygen atoms in total. The maximum Gasteiger partial charge on any atom is 0.227 e. The molecule has 0 spiro atoms. The van der Waals surface area contributed by atoms with Crippen LogP contribution in [0.2, 0.25) is 0 Å². The zero-order chi connectivity index (χ0) is 13.8. The Hall–Kier alpha value is -0.650. The van der Waals surface area contributed by atoms with E-state index in [-0.39, 0.29) is 16.9 Å². The Balaban J connectivity index is 1.92. The SMILES string of the molecule is COC1(CNC(=O)C2(CN)CCCCC2)CCOC1. The Morgan fingerprint density at radius 1 is 1.32 bits per heavy atom. The largest absolute Gasteiger partial charge is 0.378 e. The molecule has 19 heavy (non-hydrogen) atoms. The number of nitrogens with two attached hydrogens (primary N) is 1. The van der Waals surface area contributed by atoms with Gasteiger partial charge in [-0.05, 0) is 12.8 Å². The Morgan fingerprint density at radius 3 is 2.58 bits per heavy atom. The standard InChI is InChI=1S/C14H26N2O3/c1-18-14(7-8-19-11-14)10-16-12(17)13(9-15)5-3-2-4-6-13/h2-11,15H2,1H3,(H,16,17). The second-order valence-electron chi connectivity index (χ2n) is 5.92. The predicted molar refractivity (Wildman–Crippen MR) is 72.8 cm³/mol. The van der Waals surface area contributed by atoms with Crippen LogP contribution in [0.4, 0.5) is 0 Å². The summed E-state index contributed by atoms with van der Waals surface area (Å²) in [5.41, 5.74) is 5.17. The lowest BCUT2D eigenvalue weighted by Gasteiger charge is -2.36. The van der Waals surface area contributed by atoms with Gasteiger partial charge in [0.1, 0.15) is 5.60 Å². The van der Waals surface area contributed by atoms with Crippen molar-refractivity contribution in [1.29, 1.82) is 0 Å². The zero-order valence-electron chi connectivity index (χ0n) is 11.9. The third-order valence-corrected chi connectivity index (χ3v) is 4.75. The van der Waals surface area contributed by atoms with Gasteiger partial charge in [0.05, 0.1) is 12.0 Å². The predicted octanol–water partition coefficient (Wildman–Crippen LogP) is 0.817. The van der Waals surface area contributed by atoms with E-state index in [0.717, 1.165) is 32.1 Å². The highest BCUT2D eigenvalue weighted by molar-refractivity contribution is 5.83. The molecule has 2 fully saturated rings. The number of rotatable bonds is 5. The summed E-state index contributed by atoms with van der Waals surface area (Å²) < 4.78 is 10.9. The first-order valence-electron chi connectivity index (χ1n) is 7.28. The van der Waals surface area contributed by atoms with E-state index in [9.17, 15) is 4.79 Å². The average molecular weight is 270 g/mol. The fraction of sp³-hybridized carbons (Fsp3) is 0.929. The van der Waals surface area contributed by atoms with E-state index in [4.69, 9.17) is 15.2 Å². The van der Waals surface area contributed by atoms with E-state index >= 15 is 0 Å². The zero-order valence-corrected chi connectivity index (χ0v) is 11.9. The summed E-state index contributed by atoms with van der Waals surface area (Å²) in [4.78, 5) is 12.5. The van der Waals surface area contributed by atoms with Gasteiger partial charge in [-0.1, -0.05) is 19.3 Å². The van der Waals surface area contributed by atoms with Gasteiger partial charge in [0, 0.05) is 33.2 Å². The number of carbonyl (C=O) groups is 1. The highest BCUT2D eigenvalue weighted by Crippen LogP contribution is 2.35. The van der Waals surface area contributed by atoms with Gasteiger partial charge in [-0.25, -0.2) is 0 Å². The van der Waals surface area contributed by atoms with Crippen LogP contribution >= 0.6 is 0 Å². The van der Waals surface area contributed by atoms with Crippen LogP contribution in [0.1, 0.15) is 38.5 Å². The number of ether oxygens (including phenoxy) is 2. The van der Waals surface area contributed by atoms with Gasteiger partial charge in [-0.3, -0.25) is 4.79 Å². The van der Waals surface area contributed by atoms with Gasteiger partial charge in [-0.2, -0.15) is 0 Å². The molecule has 1 amide bonds. The lowest BCUT2D eigenvalue weighted by Crippen LogP contribution is -2.52. The summed E-state index contributed by atoms with van der Waals surface area (Å²) in [6.45, 7) is 2.21. The fourth-order valence-electron chi connectivity index (χ4n) is 3.14. The van der Waals surface area contributed by atoms with Crippen LogP contribution in [-0.2, 0) is 14.3 Å². The Bertz CT molecular complexity index is 308. The Kier molecular flexibility index (Phi) is 4.81. The minimum absolute atomic E-state index is 0.0954. The maximum atomic E-state index is 12.5. The minimum Gasteiger partial charge on any atom is -0.378 e. The number of amides is 1. The van der Waals surface area contributed by atoms with Gasteiger partial charge in [-0.15, -0.1) is 0 Å². The van der Waals surface area contributed by atoms with Crippen LogP contribution in [-0.4, -0.2) is 44.9 Å². The second-order valence-corrected chi connectivity index (χ2v) is 5.92. The van der Waals surface area contributed by atoms with Crippen LogP contribution < -0.4 is 11.1 Å². The third kappa shape index (κ3) is 3.09. The number of nitrogens with one attached hydrogen (secondary N) is 1. The van der Waals surface area contributed by atoms with Crippen LogP contribution in [0.25, 0.3) is 0 Å². The van der Waals surface area contributed by atoms with Crippen molar-refractivity contribution >= 4 is 5.91 Å². The molecule has 3 N–H and O–H groups in total. The molecule has 1 saturated carbocycles. The Labute approximate surface area is 115 Å². The second kappa shape index (κ2) is 6.20. The molecule has 0 aromatic rings. The minimum atomic E-state index is -0.355. The number of hydrogen-bond acceptors (Lipinski definition) is 4. The molecule has 110 valence electrons. The van der Waals surface area contributed by atoms with Crippen molar-refractivity contribution in [2.24, 2.45) is 11.1 Å². The molecule has 1 heterocycles. The molecule has 5 heteroatoms. The van der Waals surface area contributed by atoms with Crippen LogP contribution in [0.3, 0.4) is 0 Å².